The molecule has 1 aliphatic carbocycles. The van der Waals surface area contributed by atoms with Gasteiger partial charge >= 0.3 is 0 Å². The van der Waals surface area contributed by atoms with E-state index in [-0.39, 0.29) is 11.3 Å². The van der Waals surface area contributed by atoms with Crippen molar-refractivity contribution in [1.29, 1.82) is 0 Å². The molecule has 0 saturated heterocycles. The summed E-state index contributed by atoms with van der Waals surface area (Å²) in [6, 6.07) is 61.8. The van der Waals surface area contributed by atoms with Crippen molar-refractivity contribution in [3.8, 4) is 45.1 Å². The van der Waals surface area contributed by atoms with Crippen LogP contribution in [-0.2, 0) is 5.41 Å². The van der Waals surface area contributed by atoms with E-state index in [4.69, 9.17) is 9.97 Å². The van der Waals surface area contributed by atoms with Crippen LogP contribution < -0.4 is 0 Å². The quantitative estimate of drug-likeness (QED) is 0.169. The van der Waals surface area contributed by atoms with Gasteiger partial charge in [-0.1, -0.05) is 148 Å². The molecule has 1 unspecified atom stereocenters. The third kappa shape index (κ3) is 6.15. The Morgan fingerprint density at radius 2 is 1.00 bits per heavy atom. The molecule has 4 nitrogen and oxygen atoms in total. The summed E-state index contributed by atoms with van der Waals surface area (Å²) in [6.45, 7) is 6.80. The summed E-state index contributed by atoms with van der Waals surface area (Å²) < 4.78 is 4.79. The largest absolute Gasteiger partial charge is 0.309 e. The lowest BCUT2D eigenvalue weighted by atomic mass is 9.87. The van der Waals surface area contributed by atoms with Gasteiger partial charge in [0.25, 0.3) is 0 Å². The predicted molar refractivity (Wildman–Crippen MR) is 251 cm³/mol. The summed E-state index contributed by atoms with van der Waals surface area (Å²) in [6.07, 6.45) is 9.61. The van der Waals surface area contributed by atoms with Gasteiger partial charge in [-0.15, -0.1) is 0 Å². The van der Waals surface area contributed by atoms with E-state index in [0.29, 0.717) is 0 Å². The smallest absolute Gasteiger partial charge is 0.160 e. The minimum atomic E-state index is 0.105. The maximum Gasteiger partial charge on any atom is 0.160 e. The topological polar surface area (TPSA) is 35.6 Å². The third-order valence-corrected chi connectivity index (χ3v) is 12.2. The Kier molecular flexibility index (Phi) is 8.49. The number of allylic oxidation sites excluding steroid dienone is 4. The predicted octanol–water partition coefficient (Wildman–Crippen LogP) is 14.6. The Bertz CT molecular complexity index is 3300. The Labute approximate surface area is 350 Å². The highest BCUT2D eigenvalue weighted by molar-refractivity contribution is 6.12. The van der Waals surface area contributed by atoms with Crippen molar-refractivity contribution in [2.24, 2.45) is 0 Å². The highest BCUT2D eigenvalue weighted by Crippen LogP contribution is 2.39. The van der Waals surface area contributed by atoms with Crippen LogP contribution in [0.25, 0.3) is 88.8 Å². The van der Waals surface area contributed by atoms with Gasteiger partial charge in [0, 0.05) is 50.0 Å². The van der Waals surface area contributed by atoms with Gasteiger partial charge in [0.15, 0.2) is 5.82 Å². The average molecular weight is 773 g/mol. The first kappa shape index (κ1) is 35.8. The number of nitrogens with zero attached hydrogens (tertiary/aromatic N) is 4. The number of aromatic nitrogens is 4. The van der Waals surface area contributed by atoms with Gasteiger partial charge in [-0.3, -0.25) is 0 Å². The van der Waals surface area contributed by atoms with Crippen molar-refractivity contribution in [2.75, 3.05) is 0 Å². The fourth-order valence-electron chi connectivity index (χ4n) is 9.07. The van der Waals surface area contributed by atoms with Crippen LogP contribution in [0.1, 0.15) is 44.4 Å². The average Bonchev–Trinajstić information content (AvgIpc) is 3.81. The summed E-state index contributed by atoms with van der Waals surface area (Å²) in [4.78, 5) is 10.2. The van der Waals surface area contributed by atoms with Gasteiger partial charge in [-0.05, 0) is 95.3 Å². The first-order valence-corrected chi connectivity index (χ1v) is 20.9. The van der Waals surface area contributed by atoms with E-state index in [2.05, 4.69) is 206 Å². The van der Waals surface area contributed by atoms with Crippen molar-refractivity contribution in [3.05, 3.63) is 205 Å². The molecular weight excluding hydrogens is 729 g/mol. The molecule has 0 radical (unpaired) electrons. The number of rotatable bonds is 6. The van der Waals surface area contributed by atoms with Crippen molar-refractivity contribution in [3.63, 3.8) is 0 Å². The minimum Gasteiger partial charge on any atom is -0.309 e. The molecule has 1 aliphatic rings. The van der Waals surface area contributed by atoms with Gasteiger partial charge in [-0.25, -0.2) is 9.97 Å². The van der Waals surface area contributed by atoms with Crippen LogP contribution in [0.5, 0.6) is 0 Å². The normalized spacial score (nSPS) is 14.2. The molecule has 0 fully saturated rings. The standard InChI is InChI=1S/C56H44N4/c1-56(2,3)42-26-30-44(31-27-42)60-52-21-13-11-19-46(52)48-35-41(25-33-54(48)60)40-24-32-53-47(34-40)45-18-10-12-20-51(45)59(53)43-28-22-38(23-29-43)50-36-49(37-14-6-4-7-15-37)57-55(58-50)39-16-8-5-9-17-39/h4-14,16-37H,15H2,1-3H3. The van der Waals surface area contributed by atoms with Crippen LogP contribution in [0.15, 0.2) is 194 Å². The highest BCUT2D eigenvalue weighted by Gasteiger charge is 2.19. The molecule has 0 bridgehead atoms. The first-order valence-electron chi connectivity index (χ1n) is 20.9. The SMILES string of the molecule is CC(C)(C)c1ccc(-n2c3ccccc3c3cc(-c4ccc5c(c4)c4ccccc4n5-c4ccc(-c5cc(C6C=CC=CC6)nc(-c6ccccc6)n5)cc4)ccc32)cc1. The van der Waals surface area contributed by atoms with E-state index in [1.165, 1.54) is 66.0 Å². The van der Waals surface area contributed by atoms with Gasteiger partial charge in [0.1, 0.15) is 0 Å². The molecule has 3 aromatic heterocycles. The molecule has 60 heavy (non-hydrogen) atoms. The Morgan fingerprint density at radius 3 is 1.57 bits per heavy atom. The molecule has 0 N–H and O–H groups in total. The molecule has 1 atom stereocenters. The maximum absolute atomic E-state index is 5.10. The van der Waals surface area contributed by atoms with Crippen LogP contribution in [-0.4, -0.2) is 19.1 Å². The fraction of sp³-hybridized carbons (Fsp3) is 0.107. The summed E-state index contributed by atoms with van der Waals surface area (Å²) >= 11 is 0. The fourth-order valence-corrected chi connectivity index (χ4v) is 9.07. The lowest BCUT2D eigenvalue weighted by molar-refractivity contribution is 0.590. The van der Waals surface area contributed by atoms with Crippen molar-refractivity contribution in [2.45, 2.75) is 38.5 Å². The molecule has 3 heterocycles. The summed E-state index contributed by atoms with van der Waals surface area (Å²) in [5.41, 5.74) is 15.0. The van der Waals surface area contributed by atoms with Crippen LogP contribution >= 0.6 is 0 Å². The molecule has 4 heteroatoms. The minimum absolute atomic E-state index is 0.105. The van der Waals surface area contributed by atoms with E-state index in [9.17, 15) is 0 Å². The number of hydrogen-bond donors (Lipinski definition) is 0. The molecular formula is C56H44N4. The van der Waals surface area contributed by atoms with E-state index < -0.39 is 0 Å². The zero-order valence-electron chi connectivity index (χ0n) is 34.0. The first-order chi connectivity index (χ1) is 29.4. The van der Waals surface area contributed by atoms with E-state index in [0.717, 1.165) is 40.4 Å². The highest BCUT2D eigenvalue weighted by atomic mass is 15.0. The third-order valence-electron chi connectivity index (χ3n) is 12.2. The summed E-state index contributed by atoms with van der Waals surface area (Å²) in [5, 5.41) is 4.98. The zero-order valence-corrected chi connectivity index (χ0v) is 34.0. The summed E-state index contributed by atoms with van der Waals surface area (Å²) in [5.74, 6) is 0.976. The second kappa shape index (κ2) is 14.2. The lowest BCUT2D eigenvalue weighted by Gasteiger charge is -2.19. The van der Waals surface area contributed by atoms with Gasteiger partial charge in [0.2, 0.25) is 0 Å². The molecule has 0 aliphatic heterocycles. The van der Waals surface area contributed by atoms with E-state index in [1.807, 2.05) is 18.2 Å². The number of para-hydroxylation sites is 2. The Balaban J connectivity index is 0.983. The Hall–Kier alpha value is -7.30. The number of fused-ring (bicyclic) bond motifs is 6. The molecule has 288 valence electrons. The zero-order chi connectivity index (χ0) is 40.4. The molecule has 10 aromatic rings. The van der Waals surface area contributed by atoms with Gasteiger partial charge in [-0.2, -0.15) is 0 Å². The van der Waals surface area contributed by atoms with Gasteiger partial charge < -0.3 is 9.13 Å². The molecule has 11 rings (SSSR count). The van der Waals surface area contributed by atoms with Crippen molar-refractivity contribution >= 4 is 43.6 Å². The monoisotopic (exact) mass is 772 g/mol. The Morgan fingerprint density at radius 1 is 0.467 bits per heavy atom. The van der Waals surface area contributed by atoms with E-state index >= 15 is 0 Å². The van der Waals surface area contributed by atoms with Crippen LogP contribution in [0.4, 0.5) is 0 Å². The van der Waals surface area contributed by atoms with Crippen LogP contribution in [0, 0.1) is 0 Å². The van der Waals surface area contributed by atoms with Crippen molar-refractivity contribution < 1.29 is 0 Å². The molecule has 7 aromatic carbocycles. The molecule has 0 amide bonds. The summed E-state index contributed by atoms with van der Waals surface area (Å²) in [7, 11) is 0. The lowest BCUT2D eigenvalue weighted by Crippen LogP contribution is -2.10. The van der Waals surface area contributed by atoms with Gasteiger partial charge in [0.05, 0.1) is 33.5 Å². The van der Waals surface area contributed by atoms with Crippen molar-refractivity contribution in [1.82, 2.24) is 19.1 Å². The van der Waals surface area contributed by atoms with Crippen LogP contribution in [0.2, 0.25) is 0 Å². The second-order valence-corrected chi connectivity index (χ2v) is 17.0. The molecule has 0 spiro atoms. The number of benzene rings is 7. The van der Waals surface area contributed by atoms with E-state index in [1.54, 1.807) is 0 Å². The number of hydrogen-bond acceptors (Lipinski definition) is 2. The maximum atomic E-state index is 5.10. The molecule has 0 saturated carbocycles. The van der Waals surface area contributed by atoms with Crippen LogP contribution in [0.3, 0.4) is 0 Å². The second-order valence-electron chi connectivity index (χ2n) is 17.0.